The third-order valence-corrected chi connectivity index (χ3v) is 9.85. The van der Waals surface area contributed by atoms with Crippen molar-refractivity contribution in [3.8, 4) is 5.69 Å². The Morgan fingerprint density at radius 1 is 1.12 bits per heavy atom. The average Bonchev–Trinajstić information content (AvgIpc) is 3.21. The Bertz CT molecular complexity index is 1330. The summed E-state index contributed by atoms with van der Waals surface area (Å²) in [6.07, 6.45) is 3.73. The molecule has 2 saturated heterocycles. The standard InChI is InChI=1S/C29H44N6O4S/c1-7-8-15-34-27(36)26(18-20(2)3)31-28(37)29(34)13-16-33(17-14-29)19-25-21(4)32-35(22(25)5)23-9-11-24(12-10-23)40(38,39)30-6/h9-12,20,26,30H,7-8,13-19H2,1-6H3,(H,31,37)/t26-/m0/s1. The molecule has 2 amide bonds. The maximum absolute atomic E-state index is 13.5. The SMILES string of the molecule is CCCCN1C(=O)[C@H](CC(C)C)NC(=O)C12CCN(Cc1c(C)nn(-c3ccc(S(=O)(=O)NC)cc3)c1C)CC2. The van der Waals surface area contributed by atoms with E-state index in [1.165, 1.54) is 7.05 Å². The number of likely N-dealkylation sites (tertiary alicyclic amines) is 1. The summed E-state index contributed by atoms with van der Waals surface area (Å²) in [4.78, 5) is 31.5. The van der Waals surface area contributed by atoms with Crippen molar-refractivity contribution < 1.29 is 18.0 Å². The van der Waals surface area contributed by atoms with E-state index in [-0.39, 0.29) is 16.7 Å². The number of benzene rings is 1. The number of nitrogens with zero attached hydrogens (tertiary/aromatic N) is 4. The van der Waals surface area contributed by atoms with Crippen LogP contribution in [0.15, 0.2) is 29.2 Å². The zero-order valence-corrected chi connectivity index (χ0v) is 25.5. The Morgan fingerprint density at radius 3 is 2.35 bits per heavy atom. The summed E-state index contributed by atoms with van der Waals surface area (Å²) in [7, 11) is -2.11. The van der Waals surface area contributed by atoms with Crippen molar-refractivity contribution in [2.45, 2.75) is 89.7 Å². The molecular formula is C29H44N6O4S. The average molecular weight is 573 g/mol. The molecule has 0 bridgehead atoms. The molecule has 0 saturated carbocycles. The van der Waals surface area contributed by atoms with Gasteiger partial charge < -0.3 is 10.2 Å². The van der Waals surface area contributed by atoms with Crippen molar-refractivity contribution in [3.63, 3.8) is 0 Å². The van der Waals surface area contributed by atoms with Crippen molar-refractivity contribution >= 4 is 21.8 Å². The molecule has 2 fully saturated rings. The monoisotopic (exact) mass is 572 g/mol. The van der Waals surface area contributed by atoms with Gasteiger partial charge in [-0.05, 0) is 76.8 Å². The zero-order valence-electron chi connectivity index (χ0n) is 24.7. The molecule has 2 aliphatic heterocycles. The van der Waals surface area contributed by atoms with E-state index in [0.717, 1.165) is 35.5 Å². The molecular weight excluding hydrogens is 528 g/mol. The second-order valence-electron chi connectivity index (χ2n) is 11.6. The highest BCUT2D eigenvalue weighted by molar-refractivity contribution is 7.89. The topological polar surface area (TPSA) is 117 Å². The predicted octanol–water partition coefficient (Wildman–Crippen LogP) is 2.91. The lowest BCUT2D eigenvalue weighted by Gasteiger charge is -2.52. The first-order valence-corrected chi connectivity index (χ1v) is 15.9. The zero-order chi connectivity index (χ0) is 29.2. The van der Waals surface area contributed by atoms with Gasteiger partial charge in [0.1, 0.15) is 11.6 Å². The van der Waals surface area contributed by atoms with Crippen LogP contribution in [0.5, 0.6) is 0 Å². The quantitative estimate of drug-likeness (QED) is 0.452. The fourth-order valence-electron chi connectivity index (χ4n) is 5.99. The third-order valence-electron chi connectivity index (χ3n) is 8.42. The minimum absolute atomic E-state index is 0.00239. The maximum Gasteiger partial charge on any atom is 0.246 e. The minimum atomic E-state index is -3.51. The number of aryl methyl sites for hydroxylation is 1. The molecule has 11 heteroatoms. The van der Waals surface area contributed by atoms with E-state index in [2.05, 4.69) is 35.7 Å². The van der Waals surface area contributed by atoms with E-state index in [9.17, 15) is 18.0 Å². The minimum Gasteiger partial charge on any atom is -0.342 e. The highest BCUT2D eigenvalue weighted by Gasteiger charge is 2.53. The number of piperazine rings is 1. The first-order valence-electron chi connectivity index (χ1n) is 14.4. The molecule has 3 heterocycles. The molecule has 1 aromatic heterocycles. The van der Waals surface area contributed by atoms with E-state index in [0.29, 0.717) is 51.4 Å². The maximum atomic E-state index is 13.5. The normalized spacial score (nSPS) is 20.0. The predicted molar refractivity (Wildman–Crippen MR) is 155 cm³/mol. The number of nitrogens with one attached hydrogen (secondary N) is 2. The summed E-state index contributed by atoms with van der Waals surface area (Å²) >= 11 is 0. The summed E-state index contributed by atoms with van der Waals surface area (Å²) < 4.78 is 28.4. The van der Waals surface area contributed by atoms with Crippen molar-refractivity contribution in [1.82, 2.24) is 29.6 Å². The van der Waals surface area contributed by atoms with Crippen LogP contribution in [0.4, 0.5) is 0 Å². The second-order valence-corrected chi connectivity index (χ2v) is 13.5. The number of rotatable bonds is 10. The Balaban J connectivity index is 1.49. The van der Waals surface area contributed by atoms with Crippen LogP contribution < -0.4 is 10.0 Å². The Hall–Kier alpha value is -2.76. The van der Waals surface area contributed by atoms with Gasteiger partial charge in [0.2, 0.25) is 21.8 Å². The number of piperidine rings is 1. The molecule has 2 aromatic rings. The Labute approximate surface area is 238 Å². The molecule has 0 unspecified atom stereocenters. The molecule has 0 aliphatic carbocycles. The van der Waals surface area contributed by atoms with E-state index in [4.69, 9.17) is 5.10 Å². The molecule has 2 aliphatic rings. The number of hydrogen-bond donors (Lipinski definition) is 2. The van der Waals surface area contributed by atoms with Crippen LogP contribution in [-0.4, -0.2) is 78.1 Å². The number of sulfonamides is 1. The molecule has 2 N–H and O–H groups in total. The highest BCUT2D eigenvalue weighted by Crippen LogP contribution is 2.35. The highest BCUT2D eigenvalue weighted by atomic mass is 32.2. The van der Waals surface area contributed by atoms with Crippen molar-refractivity contribution in [3.05, 3.63) is 41.2 Å². The van der Waals surface area contributed by atoms with E-state index < -0.39 is 21.6 Å². The number of amides is 2. The molecule has 4 rings (SSSR count). The van der Waals surface area contributed by atoms with Gasteiger partial charge in [-0.25, -0.2) is 17.8 Å². The van der Waals surface area contributed by atoms with Gasteiger partial charge in [0.15, 0.2) is 0 Å². The first kappa shape index (κ1) is 30.2. The number of carbonyl (C=O) groups is 2. The molecule has 10 nitrogen and oxygen atoms in total. The number of aromatic nitrogens is 2. The van der Waals surface area contributed by atoms with Crippen LogP contribution in [0.3, 0.4) is 0 Å². The third kappa shape index (κ3) is 5.82. The molecule has 220 valence electrons. The van der Waals surface area contributed by atoms with Crippen molar-refractivity contribution in [2.24, 2.45) is 5.92 Å². The Morgan fingerprint density at radius 2 is 1.77 bits per heavy atom. The van der Waals surface area contributed by atoms with E-state index >= 15 is 0 Å². The van der Waals surface area contributed by atoms with Gasteiger partial charge in [-0.2, -0.15) is 5.10 Å². The lowest BCUT2D eigenvalue weighted by molar-refractivity contribution is -0.161. The summed E-state index contributed by atoms with van der Waals surface area (Å²) in [6, 6.07) is 6.24. The summed E-state index contributed by atoms with van der Waals surface area (Å²) in [5.41, 5.74) is 3.04. The first-order chi connectivity index (χ1) is 18.9. The van der Waals surface area contributed by atoms with Gasteiger partial charge in [0.25, 0.3) is 0 Å². The largest absolute Gasteiger partial charge is 0.342 e. The van der Waals surface area contributed by atoms with Crippen LogP contribution in [0.2, 0.25) is 0 Å². The van der Waals surface area contributed by atoms with E-state index in [1.54, 1.807) is 24.3 Å². The van der Waals surface area contributed by atoms with Crippen LogP contribution >= 0.6 is 0 Å². The van der Waals surface area contributed by atoms with E-state index in [1.807, 2.05) is 23.4 Å². The Kier molecular flexibility index (Phi) is 9.06. The molecule has 1 aromatic carbocycles. The number of carbonyl (C=O) groups excluding carboxylic acids is 2. The molecule has 40 heavy (non-hydrogen) atoms. The summed E-state index contributed by atoms with van der Waals surface area (Å²) in [5.74, 6) is 0.388. The molecule has 1 spiro atoms. The fourth-order valence-corrected chi connectivity index (χ4v) is 6.72. The van der Waals surface area contributed by atoms with Crippen LogP contribution in [0.25, 0.3) is 5.69 Å². The van der Waals surface area contributed by atoms with Gasteiger partial charge >= 0.3 is 0 Å². The number of hydrogen-bond acceptors (Lipinski definition) is 6. The van der Waals surface area contributed by atoms with Crippen LogP contribution in [-0.2, 0) is 26.2 Å². The molecule has 0 radical (unpaired) electrons. The van der Waals surface area contributed by atoms with Gasteiger partial charge in [-0.3, -0.25) is 14.5 Å². The number of unbranched alkanes of at least 4 members (excludes halogenated alkanes) is 1. The fraction of sp³-hybridized carbons (Fsp3) is 0.621. The van der Waals surface area contributed by atoms with Gasteiger partial charge in [0.05, 0.1) is 16.3 Å². The smallest absolute Gasteiger partial charge is 0.246 e. The summed E-state index contributed by atoms with van der Waals surface area (Å²) in [6.45, 7) is 13.0. The van der Waals surface area contributed by atoms with Gasteiger partial charge in [-0.15, -0.1) is 0 Å². The van der Waals surface area contributed by atoms with Crippen LogP contribution in [0, 0.1) is 19.8 Å². The molecule has 1 atom stereocenters. The van der Waals surface area contributed by atoms with Crippen LogP contribution in [0.1, 0.15) is 69.8 Å². The summed E-state index contributed by atoms with van der Waals surface area (Å²) in [5, 5.41) is 7.83. The van der Waals surface area contributed by atoms with Crippen molar-refractivity contribution in [1.29, 1.82) is 0 Å². The lowest BCUT2D eigenvalue weighted by Crippen LogP contribution is -2.73. The second kappa shape index (κ2) is 12.0. The lowest BCUT2D eigenvalue weighted by atomic mass is 9.80. The van der Waals surface area contributed by atoms with Crippen molar-refractivity contribution in [2.75, 3.05) is 26.7 Å². The van der Waals surface area contributed by atoms with Gasteiger partial charge in [-0.1, -0.05) is 27.2 Å². The van der Waals surface area contributed by atoms with Gasteiger partial charge in [0, 0.05) is 37.4 Å².